The SMILES string of the molecule is CCOC(=O)/C=C(\C)c1ccc2c(ccn2C(c2ccc(OC)cc2)c2ccc(OC)cc2)c1. The Kier molecular flexibility index (Phi) is 7.02. The van der Waals surface area contributed by atoms with E-state index in [2.05, 4.69) is 53.2 Å². The first-order chi connectivity index (χ1) is 16.5. The molecule has 1 heterocycles. The van der Waals surface area contributed by atoms with Gasteiger partial charge in [0.15, 0.2) is 0 Å². The van der Waals surface area contributed by atoms with Gasteiger partial charge in [-0.1, -0.05) is 30.3 Å². The summed E-state index contributed by atoms with van der Waals surface area (Å²) in [4.78, 5) is 11.9. The average molecular weight is 456 g/mol. The Morgan fingerprint density at radius 1 is 0.882 bits per heavy atom. The lowest BCUT2D eigenvalue weighted by atomic mass is 9.97. The minimum atomic E-state index is -0.322. The molecule has 4 rings (SSSR count). The van der Waals surface area contributed by atoms with Crippen LogP contribution in [0.15, 0.2) is 85.1 Å². The molecule has 0 aliphatic carbocycles. The predicted molar refractivity (Wildman–Crippen MR) is 135 cm³/mol. The van der Waals surface area contributed by atoms with Crippen LogP contribution in [0.4, 0.5) is 0 Å². The van der Waals surface area contributed by atoms with Crippen LogP contribution in [0.3, 0.4) is 0 Å². The summed E-state index contributed by atoms with van der Waals surface area (Å²) in [5, 5.41) is 1.10. The second-order valence-corrected chi connectivity index (χ2v) is 8.02. The second kappa shape index (κ2) is 10.3. The van der Waals surface area contributed by atoms with Gasteiger partial charge in [0, 0.05) is 23.2 Å². The molecule has 0 aliphatic rings. The van der Waals surface area contributed by atoms with Gasteiger partial charge in [0.1, 0.15) is 11.5 Å². The molecule has 0 N–H and O–H groups in total. The van der Waals surface area contributed by atoms with Crippen molar-refractivity contribution in [2.75, 3.05) is 20.8 Å². The van der Waals surface area contributed by atoms with Crippen LogP contribution in [-0.4, -0.2) is 31.4 Å². The molecule has 4 aromatic rings. The molecule has 0 spiro atoms. The van der Waals surface area contributed by atoms with E-state index in [0.29, 0.717) is 6.61 Å². The van der Waals surface area contributed by atoms with Gasteiger partial charge in [-0.05, 0) is 78.6 Å². The fraction of sp³-hybridized carbons (Fsp3) is 0.207. The molecule has 1 aromatic heterocycles. The molecule has 5 heteroatoms. The van der Waals surface area contributed by atoms with Gasteiger partial charge in [-0.2, -0.15) is 0 Å². The highest BCUT2D eigenvalue weighted by Crippen LogP contribution is 2.33. The Morgan fingerprint density at radius 3 is 2.00 bits per heavy atom. The van der Waals surface area contributed by atoms with Crippen molar-refractivity contribution in [1.29, 1.82) is 0 Å². The molecule has 0 amide bonds. The molecular formula is C29H29NO4. The molecule has 3 aromatic carbocycles. The zero-order chi connectivity index (χ0) is 24.1. The maximum absolute atomic E-state index is 11.9. The number of hydrogen-bond acceptors (Lipinski definition) is 4. The average Bonchev–Trinajstić information content (AvgIpc) is 3.28. The van der Waals surface area contributed by atoms with Crippen LogP contribution < -0.4 is 9.47 Å². The van der Waals surface area contributed by atoms with Gasteiger partial charge in [0.2, 0.25) is 0 Å². The van der Waals surface area contributed by atoms with Crippen molar-refractivity contribution >= 4 is 22.4 Å². The van der Waals surface area contributed by atoms with Crippen LogP contribution in [0.2, 0.25) is 0 Å². The number of allylic oxidation sites excluding steroid dienone is 1. The molecule has 0 aliphatic heterocycles. The molecule has 174 valence electrons. The fourth-order valence-electron chi connectivity index (χ4n) is 4.16. The summed E-state index contributed by atoms with van der Waals surface area (Å²) in [6.45, 7) is 4.09. The van der Waals surface area contributed by atoms with Crippen molar-refractivity contribution in [3.8, 4) is 11.5 Å². The first kappa shape index (κ1) is 23.2. The van der Waals surface area contributed by atoms with E-state index in [9.17, 15) is 4.79 Å². The summed E-state index contributed by atoms with van der Waals surface area (Å²) in [7, 11) is 3.34. The van der Waals surface area contributed by atoms with Gasteiger partial charge in [0.05, 0.1) is 26.9 Å². The van der Waals surface area contributed by atoms with Gasteiger partial charge in [0.25, 0.3) is 0 Å². The zero-order valence-electron chi connectivity index (χ0n) is 19.9. The number of carbonyl (C=O) groups is 1. The van der Waals surface area contributed by atoms with Crippen LogP contribution >= 0.6 is 0 Å². The maximum atomic E-state index is 11.9. The summed E-state index contributed by atoms with van der Waals surface area (Å²) in [5.41, 5.74) is 5.25. The van der Waals surface area contributed by atoms with E-state index < -0.39 is 0 Å². The Morgan fingerprint density at radius 2 is 1.47 bits per heavy atom. The van der Waals surface area contributed by atoms with Crippen LogP contribution in [-0.2, 0) is 9.53 Å². The highest BCUT2D eigenvalue weighted by molar-refractivity contribution is 5.93. The van der Waals surface area contributed by atoms with Crippen LogP contribution in [0.1, 0.15) is 36.6 Å². The predicted octanol–water partition coefficient (Wildman–Crippen LogP) is 6.26. The number of hydrogen-bond donors (Lipinski definition) is 0. The molecule has 34 heavy (non-hydrogen) atoms. The number of rotatable bonds is 8. The van der Waals surface area contributed by atoms with E-state index in [4.69, 9.17) is 14.2 Å². The molecule has 0 saturated heterocycles. The van der Waals surface area contributed by atoms with Gasteiger partial charge >= 0.3 is 5.97 Å². The Balaban J connectivity index is 1.78. The van der Waals surface area contributed by atoms with Crippen LogP contribution in [0, 0.1) is 0 Å². The van der Waals surface area contributed by atoms with Crippen molar-refractivity contribution in [2.24, 2.45) is 0 Å². The first-order valence-electron chi connectivity index (χ1n) is 11.3. The van der Waals surface area contributed by atoms with E-state index in [0.717, 1.165) is 44.7 Å². The number of carbonyl (C=O) groups excluding carboxylic acids is 1. The Hall–Kier alpha value is -3.99. The normalized spacial score (nSPS) is 11.6. The lowest BCUT2D eigenvalue weighted by Crippen LogP contribution is -2.11. The van der Waals surface area contributed by atoms with Crippen LogP contribution in [0.25, 0.3) is 16.5 Å². The molecule has 0 saturated carbocycles. The highest BCUT2D eigenvalue weighted by Gasteiger charge is 2.19. The minimum Gasteiger partial charge on any atom is -0.497 e. The number of esters is 1. The third-order valence-electron chi connectivity index (χ3n) is 5.94. The van der Waals surface area contributed by atoms with E-state index in [1.807, 2.05) is 37.3 Å². The number of nitrogens with zero attached hydrogens (tertiary/aromatic N) is 1. The maximum Gasteiger partial charge on any atom is 0.331 e. The Labute approximate surface area is 200 Å². The third kappa shape index (κ3) is 4.84. The van der Waals surface area contributed by atoms with Crippen molar-refractivity contribution in [2.45, 2.75) is 19.9 Å². The van der Waals surface area contributed by atoms with Gasteiger partial charge in [-0.3, -0.25) is 0 Å². The van der Waals surface area contributed by atoms with E-state index in [1.165, 1.54) is 0 Å². The summed E-state index contributed by atoms with van der Waals surface area (Å²) in [5.74, 6) is 1.32. The third-order valence-corrected chi connectivity index (χ3v) is 5.94. The lowest BCUT2D eigenvalue weighted by molar-refractivity contribution is -0.137. The van der Waals surface area contributed by atoms with Crippen molar-refractivity contribution in [3.05, 3.63) is 102 Å². The number of benzene rings is 3. The highest BCUT2D eigenvalue weighted by atomic mass is 16.5. The number of fused-ring (bicyclic) bond motifs is 1. The second-order valence-electron chi connectivity index (χ2n) is 8.02. The molecule has 5 nitrogen and oxygen atoms in total. The van der Waals surface area contributed by atoms with Gasteiger partial charge in [-0.25, -0.2) is 4.79 Å². The molecule has 0 atom stereocenters. The van der Waals surface area contributed by atoms with E-state index in [-0.39, 0.29) is 12.0 Å². The smallest absolute Gasteiger partial charge is 0.331 e. The molecular weight excluding hydrogens is 426 g/mol. The van der Waals surface area contributed by atoms with Crippen molar-refractivity contribution < 1.29 is 19.0 Å². The van der Waals surface area contributed by atoms with Crippen molar-refractivity contribution in [1.82, 2.24) is 4.57 Å². The van der Waals surface area contributed by atoms with Gasteiger partial charge < -0.3 is 18.8 Å². The summed E-state index contributed by atoms with van der Waals surface area (Å²) >= 11 is 0. The van der Waals surface area contributed by atoms with Crippen LogP contribution in [0.5, 0.6) is 11.5 Å². The lowest BCUT2D eigenvalue weighted by Gasteiger charge is -2.22. The number of aromatic nitrogens is 1. The summed E-state index contributed by atoms with van der Waals surface area (Å²) < 4.78 is 18.0. The monoisotopic (exact) mass is 455 g/mol. The molecule has 0 fully saturated rings. The molecule has 0 bridgehead atoms. The standard InChI is InChI=1S/C29H29NO4/c1-5-34-28(31)18-20(2)23-10-15-27-24(19-23)16-17-30(27)29(21-6-11-25(32-3)12-7-21)22-8-13-26(33-4)14-9-22/h6-19,29H,5H2,1-4H3/b20-18+. The quantitative estimate of drug-likeness (QED) is 0.232. The van der Waals surface area contributed by atoms with E-state index in [1.54, 1.807) is 27.2 Å². The molecule has 0 radical (unpaired) electrons. The largest absolute Gasteiger partial charge is 0.497 e. The minimum absolute atomic E-state index is 0.0312. The van der Waals surface area contributed by atoms with Gasteiger partial charge in [-0.15, -0.1) is 0 Å². The number of ether oxygens (including phenoxy) is 3. The summed E-state index contributed by atoms with van der Waals surface area (Å²) in [6, 6.07) is 24.7. The zero-order valence-corrected chi connectivity index (χ0v) is 19.9. The molecule has 0 unspecified atom stereocenters. The van der Waals surface area contributed by atoms with Crippen molar-refractivity contribution in [3.63, 3.8) is 0 Å². The topological polar surface area (TPSA) is 49.7 Å². The van der Waals surface area contributed by atoms with E-state index >= 15 is 0 Å². The Bertz CT molecular complexity index is 1250. The first-order valence-corrected chi connectivity index (χ1v) is 11.3. The number of methoxy groups -OCH3 is 2. The fourth-order valence-corrected chi connectivity index (χ4v) is 4.16. The summed E-state index contributed by atoms with van der Waals surface area (Å²) in [6.07, 6.45) is 3.65.